The SMILES string of the molecule is O=S1(=O)C[C@@H]2[C@H](C1)N(Cc1nccs1)CCN2Cc1ccccn1. The molecule has 24 heavy (non-hydrogen) atoms. The van der Waals surface area contributed by atoms with Crippen LogP contribution in [0.4, 0.5) is 0 Å². The van der Waals surface area contributed by atoms with Crippen molar-refractivity contribution in [2.45, 2.75) is 25.2 Å². The summed E-state index contributed by atoms with van der Waals surface area (Å²) >= 11 is 1.63. The molecule has 8 heteroatoms. The van der Waals surface area contributed by atoms with Crippen molar-refractivity contribution in [1.29, 1.82) is 0 Å². The normalized spacial score (nSPS) is 27.2. The van der Waals surface area contributed by atoms with Gasteiger partial charge in [0.25, 0.3) is 0 Å². The number of sulfone groups is 1. The van der Waals surface area contributed by atoms with Gasteiger partial charge in [0.15, 0.2) is 9.84 Å². The Labute approximate surface area is 146 Å². The molecule has 2 aliphatic heterocycles. The molecule has 4 rings (SSSR count). The highest BCUT2D eigenvalue weighted by molar-refractivity contribution is 7.91. The standard InChI is InChI=1S/C16H20N4O2S2/c21-24(22)11-14-15(12-24)20(10-16-18-5-8-23-16)7-6-19(14)9-13-3-1-2-4-17-13/h1-5,8,14-15H,6-7,9-12H2/t14-,15+/m1/s1. The van der Waals surface area contributed by atoms with Gasteiger partial charge in [-0.15, -0.1) is 11.3 Å². The predicted octanol–water partition coefficient (Wildman–Crippen LogP) is 1.02. The molecule has 2 aromatic rings. The minimum absolute atomic E-state index is 0.0470. The maximum Gasteiger partial charge on any atom is 0.153 e. The monoisotopic (exact) mass is 364 g/mol. The fourth-order valence-corrected chi connectivity index (χ4v) is 6.38. The van der Waals surface area contributed by atoms with E-state index >= 15 is 0 Å². The molecule has 0 unspecified atom stereocenters. The average Bonchev–Trinajstić information content (AvgIpc) is 3.17. The van der Waals surface area contributed by atoms with Gasteiger partial charge in [-0.05, 0) is 12.1 Å². The van der Waals surface area contributed by atoms with Crippen LogP contribution in [0.15, 0.2) is 36.0 Å². The molecule has 4 heterocycles. The lowest BCUT2D eigenvalue weighted by atomic mass is 10.0. The van der Waals surface area contributed by atoms with Crippen LogP contribution in [-0.2, 0) is 22.9 Å². The Balaban J connectivity index is 1.53. The van der Waals surface area contributed by atoms with Crippen molar-refractivity contribution in [3.8, 4) is 0 Å². The Kier molecular flexibility index (Phi) is 4.38. The first-order valence-electron chi connectivity index (χ1n) is 8.07. The summed E-state index contributed by atoms with van der Waals surface area (Å²) in [4.78, 5) is 13.3. The highest BCUT2D eigenvalue weighted by Gasteiger charge is 2.46. The molecular weight excluding hydrogens is 344 g/mol. The molecule has 0 aromatic carbocycles. The van der Waals surface area contributed by atoms with Crippen LogP contribution in [0, 0.1) is 0 Å². The van der Waals surface area contributed by atoms with E-state index in [4.69, 9.17) is 0 Å². The molecule has 128 valence electrons. The van der Waals surface area contributed by atoms with Gasteiger partial charge < -0.3 is 0 Å². The summed E-state index contributed by atoms with van der Waals surface area (Å²) in [5, 5.41) is 3.02. The molecular formula is C16H20N4O2S2. The third-order valence-corrected chi connectivity index (χ3v) is 7.28. The second kappa shape index (κ2) is 6.51. The Bertz CT molecular complexity index is 780. The van der Waals surface area contributed by atoms with Gasteiger partial charge in [0.05, 0.1) is 23.7 Å². The van der Waals surface area contributed by atoms with E-state index in [1.165, 1.54) is 0 Å². The van der Waals surface area contributed by atoms with Crippen molar-refractivity contribution < 1.29 is 8.42 Å². The van der Waals surface area contributed by atoms with Crippen molar-refractivity contribution in [2.24, 2.45) is 0 Å². The van der Waals surface area contributed by atoms with E-state index in [1.54, 1.807) is 23.7 Å². The largest absolute Gasteiger partial charge is 0.291 e. The molecule has 2 saturated heterocycles. The third-order valence-electron chi connectivity index (χ3n) is 4.82. The van der Waals surface area contributed by atoms with Crippen LogP contribution in [0.25, 0.3) is 0 Å². The Morgan fingerprint density at radius 1 is 1.04 bits per heavy atom. The molecule has 0 N–H and O–H groups in total. The molecule has 0 bridgehead atoms. The van der Waals surface area contributed by atoms with Crippen LogP contribution in [0.2, 0.25) is 0 Å². The molecule has 0 amide bonds. The Hall–Kier alpha value is -1.35. The van der Waals surface area contributed by atoms with Gasteiger partial charge >= 0.3 is 0 Å². The number of hydrogen-bond donors (Lipinski definition) is 0. The van der Waals surface area contributed by atoms with Crippen LogP contribution in [-0.4, -0.2) is 64.9 Å². The number of piperazine rings is 1. The topological polar surface area (TPSA) is 66.4 Å². The quantitative estimate of drug-likeness (QED) is 0.807. The Morgan fingerprint density at radius 2 is 1.79 bits per heavy atom. The minimum Gasteiger partial charge on any atom is -0.291 e. The first kappa shape index (κ1) is 16.1. The molecule has 0 spiro atoms. The van der Waals surface area contributed by atoms with E-state index in [9.17, 15) is 8.42 Å². The van der Waals surface area contributed by atoms with Gasteiger partial charge in [0.1, 0.15) is 5.01 Å². The van der Waals surface area contributed by atoms with E-state index in [2.05, 4.69) is 19.8 Å². The van der Waals surface area contributed by atoms with Gasteiger partial charge in [-0.2, -0.15) is 0 Å². The summed E-state index contributed by atoms with van der Waals surface area (Å²) in [6.45, 7) is 3.18. The zero-order valence-corrected chi connectivity index (χ0v) is 14.9. The Morgan fingerprint density at radius 3 is 2.42 bits per heavy atom. The fraction of sp³-hybridized carbons (Fsp3) is 0.500. The molecule has 2 aromatic heterocycles. The number of fused-ring (bicyclic) bond motifs is 1. The highest BCUT2D eigenvalue weighted by Crippen LogP contribution is 2.29. The van der Waals surface area contributed by atoms with E-state index in [-0.39, 0.29) is 23.6 Å². The zero-order valence-electron chi connectivity index (χ0n) is 13.3. The summed E-state index contributed by atoms with van der Waals surface area (Å²) in [6.07, 6.45) is 3.59. The zero-order chi connectivity index (χ0) is 16.6. The maximum atomic E-state index is 12.3. The smallest absolute Gasteiger partial charge is 0.153 e. The predicted molar refractivity (Wildman–Crippen MR) is 93.4 cm³/mol. The van der Waals surface area contributed by atoms with Gasteiger partial charge in [0, 0.05) is 49.5 Å². The molecule has 0 aliphatic carbocycles. The fourth-order valence-electron chi connectivity index (χ4n) is 3.69. The van der Waals surface area contributed by atoms with E-state index in [1.807, 2.05) is 23.6 Å². The summed E-state index contributed by atoms with van der Waals surface area (Å²) in [5.74, 6) is 0.501. The average molecular weight is 364 g/mol. The molecule has 2 fully saturated rings. The number of pyridine rings is 1. The summed E-state index contributed by atoms with van der Waals surface area (Å²) in [5.41, 5.74) is 0.994. The van der Waals surface area contributed by atoms with Crippen LogP contribution in [0.5, 0.6) is 0 Å². The second-order valence-electron chi connectivity index (χ2n) is 6.40. The van der Waals surface area contributed by atoms with Crippen molar-refractivity contribution >= 4 is 21.2 Å². The summed E-state index contributed by atoms with van der Waals surface area (Å²) < 4.78 is 24.5. The van der Waals surface area contributed by atoms with Gasteiger partial charge in [0.2, 0.25) is 0 Å². The van der Waals surface area contributed by atoms with Crippen molar-refractivity contribution in [3.05, 3.63) is 46.7 Å². The molecule has 0 radical (unpaired) electrons. The lowest BCUT2D eigenvalue weighted by molar-refractivity contribution is 0.0347. The van der Waals surface area contributed by atoms with E-state index in [0.29, 0.717) is 6.54 Å². The number of rotatable bonds is 4. The lowest BCUT2D eigenvalue weighted by Crippen LogP contribution is -2.58. The van der Waals surface area contributed by atoms with Crippen LogP contribution in [0.1, 0.15) is 10.7 Å². The van der Waals surface area contributed by atoms with Crippen molar-refractivity contribution in [2.75, 3.05) is 24.6 Å². The van der Waals surface area contributed by atoms with E-state index in [0.717, 1.165) is 30.3 Å². The molecule has 2 aliphatic rings. The first-order chi connectivity index (χ1) is 11.6. The summed E-state index contributed by atoms with van der Waals surface area (Å²) in [6, 6.07) is 5.98. The lowest BCUT2D eigenvalue weighted by Gasteiger charge is -2.43. The third kappa shape index (κ3) is 3.37. The van der Waals surface area contributed by atoms with Gasteiger partial charge in [-0.1, -0.05) is 6.07 Å². The molecule has 6 nitrogen and oxygen atoms in total. The van der Waals surface area contributed by atoms with Gasteiger partial charge in [-0.3, -0.25) is 14.8 Å². The highest BCUT2D eigenvalue weighted by atomic mass is 32.2. The maximum absolute atomic E-state index is 12.3. The van der Waals surface area contributed by atoms with Crippen LogP contribution >= 0.6 is 11.3 Å². The number of hydrogen-bond acceptors (Lipinski definition) is 7. The van der Waals surface area contributed by atoms with Crippen LogP contribution in [0.3, 0.4) is 0 Å². The minimum atomic E-state index is -2.99. The first-order valence-corrected chi connectivity index (χ1v) is 10.8. The van der Waals surface area contributed by atoms with Crippen LogP contribution < -0.4 is 0 Å². The van der Waals surface area contributed by atoms with Crippen molar-refractivity contribution in [3.63, 3.8) is 0 Å². The number of aromatic nitrogens is 2. The molecule has 0 saturated carbocycles. The second-order valence-corrected chi connectivity index (χ2v) is 9.53. The number of nitrogens with zero attached hydrogens (tertiary/aromatic N) is 4. The summed E-state index contributed by atoms with van der Waals surface area (Å²) in [7, 11) is -2.99. The van der Waals surface area contributed by atoms with E-state index < -0.39 is 9.84 Å². The van der Waals surface area contributed by atoms with Gasteiger partial charge in [-0.25, -0.2) is 13.4 Å². The molecule has 2 atom stereocenters. The van der Waals surface area contributed by atoms with Crippen molar-refractivity contribution in [1.82, 2.24) is 19.8 Å². The number of thiazole rings is 1.